The Kier molecular flexibility index (Phi) is 4.83. The van der Waals surface area contributed by atoms with E-state index < -0.39 is 0 Å². The monoisotopic (exact) mass is 300 g/mol. The van der Waals surface area contributed by atoms with Gasteiger partial charge < -0.3 is 14.2 Å². The van der Waals surface area contributed by atoms with Crippen LogP contribution in [0.3, 0.4) is 0 Å². The van der Waals surface area contributed by atoms with Crippen LogP contribution < -0.4 is 15.2 Å². The van der Waals surface area contributed by atoms with Crippen molar-refractivity contribution in [3.63, 3.8) is 0 Å². The van der Waals surface area contributed by atoms with Gasteiger partial charge in [0, 0.05) is 45.5 Å². The van der Waals surface area contributed by atoms with E-state index >= 15 is 0 Å². The largest absolute Gasteiger partial charge is 0.440 e. The number of hydrazone groups is 1. The zero-order valence-corrected chi connectivity index (χ0v) is 13.2. The second-order valence-electron chi connectivity index (χ2n) is 5.21. The molecule has 0 aliphatic carbocycles. The number of benzene rings is 1. The Balaban J connectivity index is 1.99. The van der Waals surface area contributed by atoms with Crippen LogP contribution in [0.4, 0.5) is 11.6 Å². The number of rotatable bonds is 5. The van der Waals surface area contributed by atoms with Crippen molar-refractivity contribution in [2.45, 2.75) is 0 Å². The van der Waals surface area contributed by atoms with E-state index in [-0.39, 0.29) is 5.91 Å². The molecule has 0 atom stereocenters. The summed E-state index contributed by atoms with van der Waals surface area (Å²) in [6, 6.07) is 11.0. The molecule has 0 fully saturated rings. The average molecular weight is 300 g/mol. The minimum Gasteiger partial charge on any atom is -0.440 e. The van der Waals surface area contributed by atoms with E-state index in [0.717, 1.165) is 11.6 Å². The first kappa shape index (κ1) is 15.6. The molecule has 2 aromatic rings. The Morgan fingerprint density at radius 3 is 2.55 bits per heavy atom. The summed E-state index contributed by atoms with van der Waals surface area (Å²) in [7, 11) is 7.63. The molecule has 2 rings (SSSR count). The van der Waals surface area contributed by atoms with Crippen LogP contribution in [0.1, 0.15) is 16.1 Å². The third-order valence-electron chi connectivity index (χ3n) is 3.04. The van der Waals surface area contributed by atoms with Gasteiger partial charge in [0.1, 0.15) is 5.76 Å². The maximum atomic E-state index is 12.0. The Hall–Kier alpha value is -2.76. The summed E-state index contributed by atoms with van der Waals surface area (Å²) in [4.78, 5) is 15.8. The molecular weight excluding hydrogens is 280 g/mol. The van der Waals surface area contributed by atoms with Gasteiger partial charge in [0.2, 0.25) is 0 Å². The fraction of sp³-hybridized carbons (Fsp3) is 0.250. The Morgan fingerprint density at radius 1 is 1.14 bits per heavy atom. The first-order valence-corrected chi connectivity index (χ1v) is 6.85. The third-order valence-corrected chi connectivity index (χ3v) is 3.04. The van der Waals surface area contributed by atoms with Gasteiger partial charge in [-0.05, 0) is 24.3 Å². The topological polar surface area (TPSA) is 61.1 Å². The molecule has 0 aliphatic rings. The van der Waals surface area contributed by atoms with Crippen LogP contribution in [0.5, 0.6) is 0 Å². The smallest absolute Gasteiger partial charge is 0.271 e. The lowest BCUT2D eigenvalue weighted by Crippen LogP contribution is -2.18. The summed E-state index contributed by atoms with van der Waals surface area (Å²) < 4.78 is 5.50. The second kappa shape index (κ2) is 6.80. The minimum atomic E-state index is -0.265. The van der Waals surface area contributed by atoms with Crippen molar-refractivity contribution < 1.29 is 9.21 Å². The normalized spacial score (nSPS) is 10.7. The molecule has 1 heterocycles. The summed E-state index contributed by atoms with van der Waals surface area (Å²) in [5.74, 6) is 1.04. The van der Waals surface area contributed by atoms with Crippen LogP contribution in [-0.4, -0.2) is 40.3 Å². The predicted octanol–water partition coefficient (Wildman–Crippen LogP) is 2.18. The first-order valence-electron chi connectivity index (χ1n) is 6.85. The molecule has 0 aliphatic heterocycles. The van der Waals surface area contributed by atoms with Crippen molar-refractivity contribution in [3.8, 4) is 0 Å². The van der Waals surface area contributed by atoms with Crippen LogP contribution in [0.2, 0.25) is 0 Å². The molecule has 22 heavy (non-hydrogen) atoms. The Morgan fingerprint density at radius 2 is 1.91 bits per heavy atom. The molecule has 1 aromatic carbocycles. The molecule has 1 amide bonds. The van der Waals surface area contributed by atoms with Crippen LogP contribution >= 0.6 is 0 Å². The molecule has 0 radical (unpaired) electrons. The van der Waals surface area contributed by atoms with E-state index in [0.29, 0.717) is 11.3 Å². The summed E-state index contributed by atoms with van der Waals surface area (Å²) in [5, 5.41) is 3.91. The van der Waals surface area contributed by atoms with Crippen molar-refractivity contribution >= 4 is 23.7 Å². The summed E-state index contributed by atoms with van der Waals surface area (Å²) >= 11 is 0. The van der Waals surface area contributed by atoms with Crippen molar-refractivity contribution in [1.82, 2.24) is 5.43 Å². The van der Waals surface area contributed by atoms with Gasteiger partial charge >= 0.3 is 0 Å². The van der Waals surface area contributed by atoms with E-state index in [1.54, 1.807) is 12.1 Å². The van der Waals surface area contributed by atoms with E-state index in [1.807, 2.05) is 62.3 Å². The van der Waals surface area contributed by atoms with E-state index in [1.165, 1.54) is 6.21 Å². The molecule has 0 unspecified atom stereocenters. The number of hydrogen-bond donors (Lipinski definition) is 1. The third kappa shape index (κ3) is 3.88. The zero-order valence-electron chi connectivity index (χ0n) is 13.2. The highest BCUT2D eigenvalue weighted by molar-refractivity contribution is 5.95. The number of nitrogens with one attached hydrogen (secondary N) is 1. The fourth-order valence-electron chi connectivity index (χ4n) is 1.80. The maximum Gasteiger partial charge on any atom is 0.271 e. The Labute approximate surface area is 130 Å². The molecule has 0 saturated carbocycles. The van der Waals surface area contributed by atoms with Gasteiger partial charge in [-0.1, -0.05) is 6.07 Å². The SMILES string of the molecule is CN(C)c1cccc(C(=O)N/N=C\c2ccc(N(C)C)o2)c1. The van der Waals surface area contributed by atoms with Crippen molar-refractivity contribution in [3.05, 3.63) is 47.7 Å². The van der Waals surface area contributed by atoms with Crippen LogP contribution in [0, 0.1) is 0 Å². The number of carbonyl (C=O) groups is 1. The fourth-order valence-corrected chi connectivity index (χ4v) is 1.80. The van der Waals surface area contributed by atoms with Crippen molar-refractivity contribution in [2.24, 2.45) is 5.10 Å². The lowest BCUT2D eigenvalue weighted by atomic mass is 10.2. The number of furan rings is 1. The van der Waals surface area contributed by atoms with Crippen molar-refractivity contribution in [1.29, 1.82) is 0 Å². The van der Waals surface area contributed by atoms with Crippen LogP contribution in [0.25, 0.3) is 0 Å². The molecule has 0 spiro atoms. The van der Waals surface area contributed by atoms with Gasteiger partial charge in [0.05, 0.1) is 6.21 Å². The molecule has 6 nitrogen and oxygen atoms in total. The molecule has 0 saturated heterocycles. The van der Waals surface area contributed by atoms with Crippen molar-refractivity contribution in [2.75, 3.05) is 38.0 Å². The van der Waals surface area contributed by atoms with Gasteiger partial charge in [0.25, 0.3) is 5.91 Å². The lowest BCUT2D eigenvalue weighted by molar-refractivity contribution is 0.0955. The highest BCUT2D eigenvalue weighted by atomic mass is 16.4. The Bertz CT molecular complexity index is 674. The zero-order chi connectivity index (χ0) is 16.1. The van der Waals surface area contributed by atoms with E-state index in [9.17, 15) is 4.79 Å². The number of anilines is 2. The van der Waals surface area contributed by atoms with Gasteiger partial charge in [-0.25, -0.2) is 5.43 Å². The molecule has 1 N–H and O–H groups in total. The summed E-state index contributed by atoms with van der Waals surface area (Å²) in [6.07, 6.45) is 1.47. The van der Waals surface area contributed by atoms with Gasteiger partial charge in [-0.2, -0.15) is 5.10 Å². The molecule has 0 bridgehead atoms. The molecule has 116 valence electrons. The number of amides is 1. The quantitative estimate of drug-likeness (QED) is 0.679. The number of carbonyl (C=O) groups excluding carboxylic acids is 1. The average Bonchev–Trinajstić information content (AvgIpc) is 2.96. The van der Waals surface area contributed by atoms with Crippen LogP contribution in [-0.2, 0) is 0 Å². The molecular formula is C16H20N4O2. The first-order chi connectivity index (χ1) is 10.5. The summed E-state index contributed by atoms with van der Waals surface area (Å²) in [6.45, 7) is 0. The van der Waals surface area contributed by atoms with Crippen LogP contribution in [0.15, 0.2) is 45.9 Å². The number of hydrogen-bond acceptors (Lipinski definition) is 5. The van der Waals surface area contributed by atoms with Gasteiger partial charge in [-0.3, -0.25) is 4.79 Å². The standard InChI is InChI=1S/C16H20N4O2/c1-19(2)13-7-5-6-12(10-13)16(21)18-17-11-14-8-9-15(22-14)20(3)4/h5-11H,1-4H3,(H,18,21)/b17-11-. The van der Waals surface area contributed by atoms with Gasteiger partial charge in [-0.15, -0.1) is 0 Å². The van der Waals surface area contributed by atoms with E-state index in [2.05, 4.69) is 10.5 Å². The maximum absolute atomic E-state index is 12.0. The molecule has 6 heteroatoms. The van der Waals surface area contributed by atoms with Gasteiger partial charge in [0.15, 0.2) is 5.88 Å². The lowest BCUT2D eigenvalue weighted by Gasteiger charge is -2.12. The number of nitrogens with zero attached hydrogens (tertiary/aromatic N) is 3. The molecule has 1 aromatic heterocycles. The van der Waals surface area contributed by atoms with E-state index in [4.69, 9.17) is 4.42 Å². The highest BCUT2D eigenvalue weighted by Crippen LogP contribution is 2.14. The summed E-state index contributed by atoms with van der Waals surface area (Å²) in [5.41, 5.74) is 4.00. The second-order valence-corrected chi connectivity index (χ2v) is 5.21. The highest BCUT2D eigenvalue weighted by Gasteiger charge is 2.06. The predicted molar refractivity (Wildman–Crippen MR) is 88.9 cm³/mol. The minimum absolute atomic E-state index is 0.265.